The molecule has 0 saturated carbocycles. The van der Waals surface area contributed by atoms with Gasteiger partial charge in [-0.25, -0.2) is 9.97 Å². The molecule has 15 heavy (non-hydrogen) atoms. The van der Waals surface area contributed by atoms with E-state index in [0.717, 1.165) is 16.5 Å². The molecule has 2 aromatic rings. The maximum Gasteiger partial charge on any atom is 0.167 e. The van der Waals surface area contributed by atoms with Gasteiger partial charge >= 0.3 is 0 Å². The van der Waals surface area contributed by atoms with Gasteiger partial charge in [0.2, 0.25) is 0 Å². The molecule has 0 unspecified atom stereocenters. The lowest BCUT2D eigenvalue weighted by Gasteiger charge is -2.02. The van der Waals surface area contributed by atoms with Crippen molar-refractivity contribution in [1.29, 1.82) is 0 Å². The fourth-order valence-electron chi connectivity index (χ4n) is 1.16. The monoisotopic (exact) mass is 239 g/mol. The van der Waals surface area contributed by atoms with Crippen molar-refractivity contribution in [2.75, 3.05) is 0 Å². The number of aromatic nitrogens is 3. The van der Waals surface area contributed by atoms with Gasteiger partial charge in [0.25, 0.3) is 0 Å². The fourth-order valence-corrected chi connectivity index (χ4v) is 2.34. The van der Waals surface area contributed by atoms with Crippen LogP contribution >= 0.6 is 23.4 Å². The Balaban J connectivity index is 2.06. The molecule has 78 valence electrons. The van der Waals surface area contributed by atoms with Gasteiger partial charge < -0.3 is 4.57 Å². The third-order valence-corrected chi connectivity index (χ3v) is 3.42. The lowest BCUT2D eigenvalue weighted by Crippen LogP contribution is -1.91. The summed E-state index contributed by atoms with van der Waals surface area (Å²) in [5.74, 6) is 0.789. The van der Waals surface area contributed by atoms with E-state index in [1.54, 1.807) is 24.2 Å². The number of halogens is 1. The molecule has 0 saturated heterocycles. The molecule has 0 aliphatic carbocycles. The first-order valence-electron chi connectivity index (χ1n) is 4.47. The highest BCUT2D eigenvalue weighted by Crippen LogP contribution is 2.23. The molecule has 5 heteroatoms. The van der Waals surface area contributed by atoms with Crippen LogP contribution in [-0.4, -0.2) is 14.5 Å². The van der Waals surface area contributed by atoms with Gasteiger partial charge in [-0.2, -0.15) is 0 Å². The van der Waals surface area contributed by atoms with E-state index in [1.165, 1.54) is 0 Å². The Hall–Kier alpha value is -1.00. The van der Waals surface area contributed by atoms with Crippen LogP contribution in [0.25, 0.3) is 0 Å². The number of pyridine rings is 1. The largest absolute Gasteiger partial charge is 0.329 e. The minimum Gasteiger partial charge on any atom is -0.329 e. The maximum atomic E-state index is 5.95. The van der Waals surface area contributed by atoms with Crippen molar-refractivity contribution in [1.82, 2.24) is 14.5 Å². The zero-order chi connectivity index (χ0) is 10.7. The second-order valence-electron chi connectivity index (χ2n) is 3.06. The van der Waals surface area contributed by atoms with Gasteiger partial charge in [0.05, 0.1) is 0 Å². The van der Waals surface area contributed by atoms with Gasteiger partial charge in [0.1, 0.15) is 5.15 Å². The lowest BCUT2D eigenvalue weighted by molar-refractivity contribution is 0.790. The van der Waals surface area contributed by atoms with E-state index in [-0.39, 0.29) is 0 Å². The number of nitrogens with zero attached hydrogens (tertiary/aromatic N) is 3. The average molecular weight is 240 g/mol. The number of hydrogen-bond acceptors (Lipinski definition) is 3. The third-order valence-electron chi connectivity index (χ3n) is 1.97. The van der Waals surface area contributed by atoms with E-state index in [9.17, 15) is 0 Å². The van der Waals surface area contributed by atoms with Gasteiger partial charge in [-0.05, 0) is 11.6 Å². The standard InChI is InChI=1S/C10H10ClN3S/c1-14-6-5-13-10(14)15-7-8-3-2-4-12-9(8)11/h2-6H,7H2,1H3. The summed E-state index contributed by atoms with van der Waals surface area (Å²) in [6.07, 6.45) is 5.40. The summed E-state index contributed by atoms with van der Waals surface area (Å²) in [5.41, 5.74) is 1.03. The molecule has 0 aliphatic rings. The van der Waals surface area contributed by atoms with Gasteiger partial charge in [0.15, 0.2) is 5.16 Å². The van der Waals surface area contributed by atoms with Crippen molar-refractivity contribution >= 4 is 23.4 Å². The summed E-state index contributed by atoms with van der Waals surface area (Å²) in [6, 6.07) is 3.87. The predicted molar refractivity (Wildman–Crippen MR) is 62.0 cm³/mol. The Labute approximate surface area is 97.5 Å². The maximum absolute atomic E-state index is 5.95. The molecule has 2 aromatic heterocycles. The summed E-state index contributed by atoms with van der Waals surface area (Å²) < 4.78 is 1.98. The minimum atomic E-state index is 0.569. The molecular weight excluding hydrogens is 230 g/mol. The van der Waals surface area contributed by atoms with Crippen LogP contribution in [0.4, 0.5) is 0 Å². The lowest BCUT2D eigenvalue weighted by atomic mass is 10.3. The normalized spacial score (nSPS) is 10.5. The summed E-state index contributed by atoms with van der Waals surface area (Å²) in [6.45, 7) is 0. The Kier molecular flexibility index (Phi) is 3.28. The SMILES string of the molecule is Cn1ccnc1SCc1cccnc1Cl. The molecule has 0 bridgehead atoms. The van der Waals surface area contributed by atoms with Gasteiger partial charge in [0, 0.05) is 31.4 Å². The zero-order valence-corrected chi connectivity index (χ0v) is 9.79. The molecule has 0 spiro atoms. The predicted octanol–water partition coefficient (Wildman–Crippen LogP) is 2.76. The first-order valence-corrected chi connectivity index (χ1v) is 5.83. The number of thioether (sulfide) groups is 1. The van der Waals surface area contributed by atoms with Crippen molar-refractivity contribution in [2.45, 2.75) is 10.9 Å². The minimum absolute atomic E-state index is 0.569. The molecule has 0 radical (unpaired) electrons. The van der Waals surface area contributed by atoms with Crippen molar-refractivity contribution in [3.8, 4) is 0 Å². The molecule has 2 rings (SSSR count). The second-order valence-corrected chi connectivity index (χ2v) is 4.36. The first-order chi connectivity index (χ1) is 7.27. The van der Waals surface area contributed by atoms with Crippen molar-refractivity contribution in [2.24, 2.45) is 7.05 Å². The van der Waals surface area contributed by atoms with Crippen LogP contribution in [0.15, 0.2) is 35.9 Å². The van der Waals surface area contributed by atoms with Gasteiger partial charge in [-0.1, -0.05) is 29.4 Å². The molecule has 0 fully saturated rings. The van der Waals surface area contributed by atoms with E-state index in [4.69, 9.17) is 11.6 Å². The summed E-state index contributed by atoms with van der Waals surface area (Å²) >= 11 is 7.60. The zero-order valence-electron chi connectivity index (χ0n) is 8.22. The highest BCUT2D eigenvalue weighted by atomic mass is 35.5. The molecular formula is C10H10ClN3S. The van der Waals surface area contributed by atoms with Crippen LogP contribution in [-0.2, 0) is 12.8 Å². The van der Waals surface area contributed by atoms with E-state index < -0.39 is 0 Å². The Morgan fingerprint density at radius 1 is 1.40 bits per heavy atom. The highest BCUT2D eigenvalue weighted by molar-refractivity contribution is 7.98. The van der Waals surface area contributed by atoms with Crippen LogP contribution in [0.2, 0.25) is 5.15 Å². The summed E-state index contributed by atoms with van der Waals surface area (Å²) in [5, 5.41) is 1.55. The van der Waals surface area contributed by atoms with Crippen LogP contribution in [0.1, 0.15) is 5.56 Å². The Morgan fingerprint density at radius 2 is 2.27 bits per heavy atom. The van der Waals surface area contributed by atoms with E-state index in [2.05, 4.69) is 9.97 Å². The highest BCUT2D eigenvalue weighted by Gasteiger charge is 2.04. The van der Waals surface area contributed by atoms with Crippen molar-refractivity contribution in [3.63, 3.8) is 0 Å². The molecule has 3 nitrogen and oxygen atoms in total. The summed E-state index contributed by atoms with van der Waals surface area (Å²) in [4.78, 5) is 8.25. The number of rotatable bonds is 3. The number of hydrogen-bond donors (Lipinski definition) is 0. The van der Waals surface area contributed by atoms with E-state index in [0.29, 0.717) is 5.15 Å². The van der Waals surface area contributed by atoms with Crippen molar-refractivity contribution in [3.05, 3.63) is 41.4 Å². The molecule has 2 heterocycles. The first kappa shape index (κ1) is 10.5. The van der Waals surface area contributed by atoms with E-state index in [1.807, 2.05) is 29.9 Å². The third kappa shape index (κ3) is 2.52. The molecule has 0 aliphatic heterocycles. The Morgan fingerprint density at radius 3 is 2.93 bits per heavy atom. The molecule has 0 amide bonds. The number of aryl methyl sites for hydroxylation is 1. The van der Waals surface area contributed by atoms with Crippen LogP contribution in [0.5, 0.6) is 0 Å². The van der Waals surface area contributed by atoms with Crippen LogP contribution in [0, 0.1) is 0 Å². The molecule has 0 N–H and O–H groups in total. The fraction of sp³-hybridized carbons (Fsp3) is 0.200. The smallest absolute Gasteiger partial charge is 0.167 e. The molecule has 0 aromatic carbocycles. The second kappa shape index (κ2) is 4.68. The van der Waals surface area contributed by atoms with E-state index >= 15 is 0 Å². The van der Waals surface area contributed by atoms with Gasteiger partial charge in [-0.3, -0.25) is 0 Å². The topological polar surface area (TPSA) is 30.7 Å². The van der Waals surface area contributed by atoms with Gasteiger partial charge in [-0.15, -0.1) is 0 Å². The quantitative estimate of drug-likeness (QED) is 0.610. The molecule has 0 atom stereocenters. The van der Waals surface area contributed by atoms with Crippen molar-refractivity contribution < 1.29 is 0 Å². The summed E-state index contributed by atoms with van der Waals surface area (Å²) in [7, 11) is 1.97. The number of imidazole rings is 1. The van der Waals surface area contributed by atoms with Crippen LogP contribution < -0.4 is 0 Å². The average Bonchev–Trinajstić information content (AvgIpc) is 2.63. The van der Waals surface area contributed by atoms with Crippen LogP contribution in [0.3, 0.4) is 0 Å². The Bertz CT molecular complexity index is 455.